The number of pyridine rings is 1. The summed E-state index contributed by atoms with van der Waals surface area (Å²) in [5.41, 5.74) is 1.56. The fourth-order valence-corrected chi connectivity index (χ4v) is 3.59. The lowest BCUT2D eigenvalue weighted by atomic mass is 9.97. The number of carbonyl (C=O) groups excluding carboxylic acids is 1. The number of ether oxygens (including phenoxy) is 1. The molecule has 2 aromatic rings. The van der Waals surface area contributed by atoms with Crippen LogP contribution in [0.25, 0.3) is 10.9 Å². The lowest BCUT2D eigenvalue weighted by Crippen LogP contribution is -2.40. The average molecular weight is 357 g/mol. The predicted molar refractivity (Wildman–Crippen MR) is 102 cm³/mol. The van der Waals surface area contributed by atoms with Gasteiger partial charge in [-0.05, 0) is 56.5 Å². The number of nitrogens with one attached hydrogen (secondary N) is 2. The Bertz CT molecular complexity index is 831. The van der Waals surface area contributed by atoms with Crippen LogP contribution in [-0.4, -0.2) is 42.0 Å². The standard InChI is InChI=1S/C20H27N3O3/c1-3-26-18-6-7-19-16(10-18)9-17(20(25)22-19)13-23-8-4-5-15(12-23)11-21-14(2)24/h6-7,9-10,15H,3-5,8,11-13H2,1-2H3,(H,21,24)(H,22,25)/t15-/m0/s1. The number of benzene rings is 1. The van der Waals surface area contributed by atoms with Crippen LogP contribution in [0.2, 0.25) is 0 Å². The van der Waals surface area contributed by atoms with Gasteiger partial charge in [0.2, 0.25) is 5.91 Å². The number of H-pyrrole nitrogens is 1. The third-order valence-corrected chi connectivity index (χ3v) is 4.84. The molecule has 1 fully saturated rings. The maximum atomic E-state index is 12.4. The zero-order valence-electron chi connectivity index (χ0n) is 15.5. The molecule has 1 aliphatic heterocycles. The third-order valence-electron chi connectivity index (χ3n) is 4.84. The van der Waals surface area contributed by atoms with Crippen molar-refractivity contribution >= 4 is 16.8 Å². The van der Waals surface area contributed by atoms with E-state index in [4.69, 9.17) is 4.74 Å². The summed E-state index contributed by atoms with van der Waals surface area (Å²) in [5.74, 6) is 1.27. The first kappa shape index (κ1) is 18.5. The van der Waals surface area contributed by atoms with Gasteiger partial charge in [-0.1, -0.05) is 0 Å². The molecule has 1 aliphatic rings. The lowest BCUT2D eigenvalue weighted by Gasteiger charge is -2.32. The Kier molecular flexibility index (Phi) is 5.93. The number of hydrogen-bond donors (Lipinski definition) is 2. The number of likely N-dealkylation sites (tertiary alicyclic amines) is 1. The van der Waals surface area contributed by atoms with Gasteiger partial charge in [0.15, 0.2) is 0 Å². The Labute approximate surface area is 153 Å². The number of aromatic nitrogens is 1. The van der Waals surface area contributed by atoms with Crippen molar-refractivity contribution in [3.8, 4) is 5.75 Å². The van der Waals surface area contributed by atoms with Gasteiger partial charge in [-0.3, -0.25) is 14.5 Å². The summed E-state index contributed by atoms with van der Waals surface area (Å²) in [6.45, 7) is 7.33. The summed E-state index contributed by atoms with van der Waals surface area (Å²) < 4.78 is 5.56. The zero-order chi connectivity index (χ0) is 18.5. The molecule has 6 heteroatoms. The Morgan fingerprint density at radius 3 is 3.00 bits per heavy atom. The van der Waals surface area contributed by atoms with Crippen LogP contribution in [0.4, 0.5) is 0 Å². The summed E-state index contributed by atoms with van der Waals surface area (Å²) in [5, 5.41) is 3.89. The van der Waals surface area contributed by atoms with Gasteiger partial charge in [0.05, 0.1) is 6.61 Å². The number of rotatable bonds is 6. The number of aromatic amines is 1. The predicted octanol–water partition coefficient (Wildman–Crippen LogP) is 2.27. The number of hydrogen-bond acceptors (Lipinski definition) is 4. The van der Waals surface area contributed by atoms with Crippen LogP contribution in [0.5, 0.6) is 5.75 Å². The quantitative estimate of drug-likeness (QED) is 0.832. The normalized spacial score (nSPS) is 18.0. The van der Waals surface area contributed by atoms with Crippen LogP contribution < -0.4 is 15.6 Å². The Morgan fingerprint density at radius 2 is 2.23 bits per heavy atom. The zero-order valence-corrected chi connectivity index (χ0v) is 15.5. The molecule has 0 unspecified atom stereocenters. The molecule has 2 N–H and O–H groups in total. The minimum absolute atomic E-state index is 0.0122. The molecule has 0 spiro atoms. The number of amides is 1. The molecule has 140 valence electrons. The minimum atomic E-state index is -0.0364. The molecule has 1 aromatic carbocycles. The second-order valence-corrected chi connectivity index (χ2v) is 6.99. The van der Waals surface area contributed by atoms with Crippen LogP contribution in [0.15, 0.2) is 29.1 Å². The first-order valence-electron chi connectivity index (χ1n) is 9.30. The van der Waals surface area contributed by atoms with E-state index in [-0.39, 0.29) is 11.5 Å². The average Bonchev–Trinajstić information content (AvgIpc) is 2.61. The van der Waals surface area contributed by atoms with Gasteiger partial charge in [0.25, 0.3) is 5.56 Å². The lowest BCUT2D eigenvalue weighted by molar-refractivity contribution is -0.119. The minimum Gasteiger partial charge on any atom is -0.494 e. The van der Waals surface area contributed by atoms with Gasteiger partial charge in [-0.2, -0.15) is 0 Å². The van der Waals surface area contributed by atoms with Crippen LogP contribution >= 0.6 is 0 Å². The molecule has 2 heterocycles. The second-order valence-electron chi connectivity index (χ2n) is 6.99. The molecule has 0 saturated carbocycles. The van der Waals surface area contributed by atoms with E-state index < -0.39 is 0 Å². The van der Waals surface area contributed by atoms with Crippen molar-refractivity contribution in [1.29, 1.82) is 0 Å². The Morgan fingerprint density at radius 1 is 1.38 bits per heavy atom. The van der Waals surface area contributed by atoms with Crippen LogP contribution in [-0.2, 0) is 11.3 Å². The van der Waals surface area contributed by atoms with E-state index in [1.54, 1.807) is 6.92 Å². The van der Waals surface area contributed by atoms with E-state index in [1.165, 1.54) is 0 Å². The fraction of sp³-hybridized carbons (Fsp3) is 0.500. The van der Waals surface area contributed by atoms with Crippen molar-refractivity contribution in [3.05, 3.63) is 40.2 Å². The van der Waals surface area contributed by atoms with Crippen molar-refractivity contribution < 1.29 is 9.53 Å². The molecule has 1 aromatic heterocycles. The molecule has 1 atom stereocenters. The van der Waals surface area contributed by atoms with E-state index in [1.807, 2.05) is 31.2 Å². The van der Waals surface area contributed by atoms with Crippen LogP contribution in [0.3, 0.4) is 0 Å². The van der Waals surface area contributed by atoms with E-state index in [0.29, 0.717) is 25.6 Å². The molecule has 26 heavy (non-hydrogen) atoms. The maximum absolute atomic E-state index is 12.4. The molecule has 0 radical (unpaired) electrons. The highest BCUT2D eigenvalue weighted by Crippen LogP contribution is 2.21. The van der Waals surface area contributed by atoms with Gasteiger partial charge in [-0.15, -0.1) is 0 Å². The third kappa shape index (κ3) is 4.64. The second kappa shape index (κ2) is 8.36. The van der Waals surface area contributed by atoms with Crippen molar-refractivity contribution in [2.24, 2.45) is 5.92 Å². The van der Waals surface area contributed by atoms with E-state index in [0.717, 1.165) is 48.1 Å². The first-order valence-corrected chi connectivity index (χ1v) is 9.30. The number of nitrogens with zero attached hydrogens (tertiary/aromatic N) is 1. The van der Waals surface area contributed by atoms with Crippen molar-refractivity contribution in [1.82, 2.24) is 15.2 Å². The van der Waals surface area contributed by atoms with Gasteiger partial charge < -0.3 is 15.0 Å². The van der Waals surface area contributed by atoms with E-state index in [2.05, 4.69) is 15.2 Å². The van der Waals surface area contributed by atoms with Crippen molar-refractivity contribution in [3.63, 3.8) is 0 Å². The number of fused-ring (bicyclic) bond motifs is 1. The number of carbonyl (C=O) groups is 1. The van der Waals surface area contributed by atoms with Gasteiger partial charge in [0, 0.05) is 43.0 Å². The molecular weight excluding hydrogens is 330 g/mol. The highest BCUT2D eigenvalue weighted by molar-refractivity contribution is 5.80. The van der Waals surface area contributed by atoms with Gasteiger partial charge in [-0.25, -0.2) is 0 Å². The SMILES string of the molecule is CCOc1ccc2[nH]c(=O)c(CN3CCC[C@@H](CNC(C)=O)C3)cc2c1. The first-order chi connectivity index (χ1) is 12.5. The fourth-order valence-electron chi connectivity index (χ4n) is 3.59. The highest BCUT2D eigenvalue weighted by Gasteiger charge is 2.21. The molecule has 3 rings (SSSR count). The van der Waals surface area contributed by atoms with Crippen molar-refractivity contribution in [2.75, 3.05) is 26.2 Å². The highest BCUT2D eigenvalue weighted by atomic mass is 16.5. The monoisotopic (exact) mass is 357 g/mol. The molecule has 1 amide bonds. The summed E-state index contributed by atoms with van der Waals surface area (Å²) >= 11 is 0. The van der Waals surface area contributed by atoms with Gasteiger partial charge in [0.1, 0.15) is 5.75 Å². The Balaban J connectivity index is 1.73. The topological polar surface area (TPSA) is 74.4 Å². The molecular formula is C20H27N3O3. The summed E-state index contributed by atoms with van der Waals surface area (Å²) in [6, 6.07) is 7.69. The van der Waals surface area contributed by atoms with E-state index in [9.17, 15) is 9.59 Å². The molecule has 0 aliphatic carbocycles. The van der Waals surface area contributed by atoms with Crippen LogP contribution in [0.1, 0.15) is 32.3 Å². The van der Waals surface area contributed by atoms with Gasteiger partial charge >= 0.3 is 0 Å². The summed E-state index contributed by atoms with van der Waals surface area (Å²) in [4.78, 5) is 28.8. The molecule has 6 nitrogen and oxygen atoms in total. The molecule has 0 bridgehead atoms. The smallest absolute Gasteiger partial charge is 0.252 e. The van der Waals surface area contributed by atoms with Crippen LogP contribution in [0, 0.1) is 5.92 Å². The van der Waals surface area contributed by atoms with E-state index >= 15 is 0 Å². The molecule has 1 saturated heterocycles. The van der Waals surface area contributed by atoms with Crippen molar-refractivity contribution in [2.45, 2.75) is 33.2 Å². The Hall–Kier alpha value is -2.34. The maximum Gasteiger partial charge on any atom is 0.252 e. The number of piperidine rings is 1. The summed E-state index contributed by atoms with van der Waals surface area (Å²) in [7, 11) is 0. The summed E-state index contributed by atoms with van der Waals surface area (Å²) in [6.07, 6.45) is 2.20. The largest absolute Gasteiger partial charge is 0.494 e.